The van der Waals surface area contributed by atoms with Crippen molar-refractivity contribution >= 4 is 23.9 Å². The maximum atomic E-state index is 12.9. The quantitative estimate of drug-likeness (QED) is 0.366. The number of methoxy groups -OCH3 is 1. The summed E-state index contributed by atoms with van der Waals surface area (Å²) in [7, 11) is 1.07. The molecule has 1 aliphatic heterocycles. The molecule has 3 aromatic rings. The predicted molar refractivity (Wildman–Crippen MR) is 130 cm³/mol. The van der Waals surface area contributed by atoms with Gasteiger partial charge in [0, 0.05) is 0 Å². The maximum Gasteiger partial charge on any atom is 0.340 e. The minimum absolute atomic E-state index is 0.138. The zero-order chi connectivity index (χ0) is 27.1. The summed E-state index contributed by atoms with van der Waals surface area (Å²) in [5, 5.41) is 11.3. The van der Waals surface area contributed by atoms with Crippen LogP contribution in [0.4, 0.5) is 0 Å². The molecule has 0 spiro atoms. The van der Waals surface area contributed by atoms with Crippen LogP contribution >= 0.6 is 0 Å². The first kappa shape index (κ1) is 26.5. The van der Waals surface area contributed by atoms with Crippen molar-refractivity contribution < 1.29 is 48.0 Å². The number of carbonyl (C=O) groups is 4. The molecule has 5 atom stereocenters. The smallest absolute Gasteiger partial charge is 0.340 e. The first-order valence-electron chi connectivity index (χ1n) is 11.6. The van der Waals surface area contributed by atoms with Crippen molar-refractivity contribution in [2.45, 2.75) is 30.7 Å². The summed E-state index contributed by atoms with van der Waals surface area (Å²) >= 11 is 0. The lowest BCUT2D eigenvalue weighted by Gasteiger charge is -2.41. The van der Waals surface area contributed by atoms with Gasteiger partial charge in [-0.05, 0) is 36.4 Å². The molecule has 196 valence electrons. The summed E-state index contributed by atoms with van der Waals surface area (Å²) in [6, 6.07) is 23.6. The van der Waals surface area contributed by atoms with Gasteiger partial charge in [-0.15, -0.1) is 0 Å². The standard InChI is InChI=1S/C28H24O10/c1-34-27(33)23-21(35-24(30)17-11-5-2-6-12-17)20(29)22(36-25(31)18-13-7-3-8-14-18)28(37-23)38-26(32)19-15-9-4-10-16-19/h2-16,20-23,28-29H,1H3/t20-,21-,22?,23?,28-/m0/s1. The molecule has 1 aliphatic rings. The summed E-state index contributed by atoms with van der Waals surface area (Å²) in [4.78, 5) is 51.0. The van der Waals surface area contributed by atoms with Crippen molar-refractivity contribution in [2.24, 2.45) is 0 Å². The number of hydrogen-bond acceptors (Lipinski definition) is 10. The van der Waals surface area contributed by atoms with E-state index in [1.54, 1.807) is 54.6 Å². The van der Waals surface area contributed by atoms with E-state index in [1.807, 2.05) is 0 Å². The minimum Gasteiger partial charge on any atom is -0.467 e. The monoisotopic (exact) mass is 520 g/mol. The van der Waals surface area contributed by atoms with Crippen LogP contribution in [0.25, 0.3) is 0 Å². The fourth-order valence-electron chi connectivity index (χ4n) is 3.76. The van der Waals surface area contributed by atoms with Crippen molar-refractivity contribution in [3.63, 3.8) is 0 Å². The Morgan fingerprint density at radius 1 is 0.632 bits per heavy atom. The SMILES string of the molecule is COC(=O)C1O[C@@H](OC(=O)c2ccccc2)C(OC(=O)c2ccccc2)[C@@H](O)[C@@H]1OC(=O)c1ccccc1. The lowest BCUT2D eigenvalue weighted by molar-refractivity contribution is -0.278. The third-order valence-electron chi connectivity index (χ3n) is 5.69. The lowest BCUT2D eigenvalue weighted by Crippen LogP contribution is -2.63. The number of aliphatic hydroxyl groups excluding tert-OH is 1. The van der Waals surface area contributed by atoms with E-state index in [1.165, 1.54) is 36.4 Å². The van der Waals surface area contributed by atoms with Gasteiger partial charge >= 0.3 is 23.9 Å². The van der Waals surface area contributed by atoms with Crippen LogP contribution in [0.1, 0.15) is 31.1 Å². The van der Waals surface area contributed by atoms with E-state index in [9.17, 15) is 24.3 Å². The van der Waals surface area contributed by atoms with E-state index in [0.717, 1.165) is 7.11 Å². The highest BCUT2D eigenvalue weighted by Crippen LogP contribution is 2.29. The van der Waals surface area contributed by atoms with Crippen molar-refractivity contribution in [3.05, 3.63) is 108 Å². The lowest BCUT2D eigenvalue weighted by atomic mass is 9.98. The molecule has 10 heteroatoms. The van der Waals surface area contributed by atoms with Crippen molar-refractivity contribution in [2.75, 3.05) is 7.11 Å². The van der Waals surface area contributed by atoms with E-state index in [4.69, 9.17) is 23.7 Å². The average Bonchev–Trinajstić information content (AvgIpc) is 2.96. The van der Waals surface area contributed by atoms with Crippen LogP contribution < -0.4 is 0 Å². The molecule has 1 saturated heterocycles. The number of carbonyl (C=O) groups excluding carboxylic acids is 4. The van der Waals surface area contributed by atoms with Crippen LogP contribution in [-0.2, 0) is 28.5 Å². The van der Waals surface area contributed by atoms with E-state index in [2.05, 4.69) is 0 Å². The summed E-state index contributed by atoms with van der Waals surface area (Å²) in [5.41, 5.74) is 0.422. The highest BCUT2D eigenvalue weighted by atomic mass is 16.7. The summed E-state index contributed by atoms with van der Waals surface area (Å²) < 4.78 is 26.8. The van der Waals surface area contributed by atoms with Crippen LogP contribution in [0, 0.1) is 0 Å². The second-order valence-electron chi connectivity index (χ2n) is 8.18. The van der Waals surface area contributed by atoms with Crippen molar-refractivity contribution in [3.8, 4) is 0 Å². The van der Waals surface area contributed by atoms with Gasteiger partial charge in [0.05, 0.1) is 23.8 Å². The third kappa shape index (κ3) is 6.05. The highest BCUT2D eigenvalue weighted by Gasteiger charge is 2.54. The fraction of sp³-hybridized carbons (Fsp3) is 0.214. The largest absolute Gasteiger partial charge is 0.467 e. The van der Waals surface area contributed by atoms with Crippen LogP contribution in [0.5, 0.6) is 0 Å². The average molecular weight is 520 g/mol. The van der Waals surface area contributed by atoms with Crippen molar-refractivity contribution in [1.82, 2.24) is 0 Å². The molecular weight excluding hydrogens is 496 g/mol. The molecule has 0 saturated carbocycles. The predicted octanol–water partition coefficient (Wildman–Crippen LogP) is 2.55. The fourth-order valence-corrected chi connectivity index (χ4v) is 3.76. The molecule has 4 rings (SSSR count). The molecule has 2 unspecified atom stereocenters. The van der Waals surface area contributed by atoms with Gasteiger partial charge in [0.15, 0.2) is 18.3 Å². The van der Waals surface area contributed by atoms with Crippen molar-refractivity contribution in [1.29, 1.82) is 0 Å². The van der Waals surface area contributed by atoms with Gasteiger partial charge < -0.3 is 28.8 Å². The van der Waals surface area contributed by atoms with Crippen LogP contribution in [0.15, 0.2) is 91.0 Å². The first-order chi connectivity index (χ1) is 18.4. The van der Waals surface area contributed by atoms with Gasteiger partial charge in [0.25, 0.3) is 0 Å². The molecule has 1 N–H and O–H groups in total. The Kier molecular flexibility index (Phi) is 8.47. The number of aliphatic hydroxyl groups is 1. The molecule has 1 heterocycles. The molecule has 3 aromatic carbocycles. The Balaban J connectivity index is 1.65. The number of hydrogen-bond donors (Lipinski definition) is 1. The van der Waals surface area contributed by atoms with Gasteiger partial charge in [-0.25, -0.2) is 19.2 Å². The number of esters is 4. The Hall–Kier alpha value is -4.54. The van der Waals surface area contributed by atoms with Crippen LogP contribution in [-0.4, -0.2) is 66.8 Å². The molecule has 0 aliphatic carbocycles. The van der Waals surface area contributed by atoms with E-state index < -0.39 is 54.6 Å². The van der Waals surface area contributed by atoms with Gasteiger partial charge in [-0.2, -0.15) is 0 Å². The Morgan fingerprint density at radius 3 is 1.45 bits per heavy atom. The Bertz CT molecular complexity index is 1260. The zero-order valence-corrected chi connectivity index (χ0v) is 20.2. The first-order valence-corrected chi connectivity index (χ1v) is 11.6. The van der Waals surface area contributed by atoms with Gasteiger partial charge in [-0.1, -0.05) is 54.6 Å². The normalized spacial score (nSPS) is 22.5. The van der Waals surface area contributed by atoms with E-state index in [-0.39, 0.29) is 16.7 Å². The van der Waals surface area contributed by atoms with Gasteiger partial charge in [-0.3, -0.25) is 0 Å². The number of rotatable bonds is 7. The molecule has 0 aromatic heterocycles. The third-order valence-corrected chi connectivity index (χ3v) is 5.69. The highest BCUT2D eigenvalue weighted by molar-refractivity contribution is 5.91. The summed E-state index contributed by atoms with van der Waals surface area (Å²) in [6.45, 7) is 0. The molecule has 0 bridgehead atoms. The number of benzene rings is 3. The Morgan fingerprint density at radius 2 is 1.03 bits per heavy atom. The van der Waals surface area contributed by atoms with Crippen LogP contribution in [0.3, 0.4) is 0 Å². The molecule has 10 nitrogen and oxygen atoms in total. The molecule has 38 heavy (non-hydrogen) atoms. The zero-order valence-electron chi connectivity index (χ0n) is 20.2. The second kappa shape index (κ2) is 12.1. The van der Waals surface area contributed by atoms with E-state index >= 15 is 0 Å². The topological polar surface area (TPSA) is 135 Å². The Labute approximate surface area is 217 Å². The summed E-state index contributed by atoms with van der Waals surface area (Å²) in [6.07, 6.45) is -8.65. The van der Waals surface area contributed by atoms with Gasteiger partial charge in [0.1, 0.15) is 6.10 Å². The van der Waals surface area contributed by atoms with Crippen LogP contribution in [0.2, 0.25) is 0 Å². The second-order valence-corrected chi connectivity index (χ2v) is 8.18. The number of ether oxygens (including phenoxy) is 5. The molecular formula is C28H24O10. The molecule has 0 amide bonds. The van der Waals surface area contributed by atoms with Gasteiger partial charge in [0.2, 0.25) is 6.29 Å². The summed E-state index contributed by atoms with van der Waals surface area (Å²) in [5.74, 6) is -3.63. The maximum absolute atomic E-state index is 12.9. The minimum atomic E-state index is -1.85. The molecule has 0 radical (unpaired) electrons. The molecule has 1 fully saturated rings. The van der Waals surface area contributed by atoms with E-state index in [0.29, 0.717) is 0 Å².